The van der Waals surface area contributed by atoms with E-state index in [1.54, 1.807) is 18.0 Å². The van der Waals surface area contributed by atoms with Crippen molar-refractivity contribution < 1.29 is 9.59 Å². The number of aromatic nitrogens is 2. The topological polar surface area (TPSA) is 67.2 Å². The van der Waals surface area contributed by atoms with E-state index in [0.717, 1.165) is 12.2 Å². The minimum absolute atomic E-state index is 0.0224. The second-order valence-electron chi connectivity index (χ2n) is 5.75. The van der Waals surface area contributed by atoms with E-state index in [4.69, 9.17) is 0 Å². The number of piperazine rings is 1. The molecule has 1 aliphatic rings. The Morgan fingerprint density at radius 3 is 2.67 bits per heavy atom. The van der Waals surface area contributed by atoms with Crippen molar-refractivity contribution in [3.05, 3.63) is 18.2 Å². The van der Waals surface area contributed by atoms with Gasteiger partial charge in [0.15, 0.2) is 0 Å². The highest BCUT2D eigenvalue weighted by molar-refractivity contribution is 5.96. The molecule has 0 radical (unpaired) electrons. The van der Waals surface area contributed by atoms with Gasteiger partial charge in [0, 0.05) is 25.5 Å². The van der Waals surface area contributed by atoms with Crippen LogP contribution in [0.25, 0.3) is 0 Å². The van der Waals surface area contributed by atoms with Gasteiger partial charge >= 0.3 is 0 Å². The third kappa shape index (κ3) is 3.09. The first kappa shape index (κ1) is 15.5. The lowest BCUT2D eigenvalue weighted by Gasteiger charge is -2.39. The van der Waals surface area contributed by atoms with Crippen LogP contribution in [-0.2, 0) is 16.1 Å². The van der Waals surface area contributed by atoms with E-state index >= 15 is 0 Å². The van der Waals surface area contributed by atoms with Gasteiger partial charge < -0.3 is 14.8 Å². The van der Waals surface area contributed by atoms with Crippen molar-refractivity contribution in [3.63, 3.8) is 0 Å². The fraction of sp³-hybridized carbons (Fsp3) is 0.667. The monoisotopic (exact) mass is 292 g/mol. The van der Waals surface area contributed by atoms with Gasteiger partial charge in [0.05, 0.1) is 0 Å². The van der Waals surface area contributed by atoms with E-state index < -0.39 is 12.1 Å². The summed E-state index contributed by atoms with van der Waals surface area (Å²) < 4.78 is 1.99. The molecule has 6 nitrogen and oxygen atoms in total. The number of nitrogens with zero attached hydrogens (tertiary/aromatic N) is 3. The molecule has 1 saturated heterocycles. The molecule has 21 heavy (non-hydrogen) atoms. The number of carbonyl (C=O) groups is 2. The molecule has 1 aromatic rings. The summed E-state index contributed by atoms with van der Waals surface area (Å²) in [6, 6.07) is -0.816. The van der Waals surface area contributed by atoms with Gasteiger partial charge in [-0.05, 0) is 19.8 Å². The molecule has 1 aromatic heterocycles. The van der Waals surface area contributed by atoms with Crippen LogP contribution in [0.3, 0.4) is 0 Å². The predicted octanol–water partition coefficient (Wildman–Crippen LogP) is 0.953. The summed E-state index contributed by atoms with van der Waals surface area (Å²) in [4.78, 5) is 30.6. The Bertz CT molecular complexity index is 525. The first-order valence-electron chi connectivity index (χ1n) is 7.54. The molecule has 3 atom stereocenters. The van der Waals surface area contributed by atoms with Gasteiger partial charge in [-0.3, -0.25) is 9.59 Å². The van der Waals surface area contributed by atoms with Crippen molar-refractivity contribution in [3.8, 4) is 0 Å². The smallest absolute Gasteiger partial charge is 0.246 e. The maximum Gasteiger partial charge on any atom is 0.246 e. The van der Waals surface area contributed by atoms with Gasteiger partial charge in [-0.2, -0.15) is 0 Å². The number of hydrogen-bond acceptors (Lipinski definition) is 3. The predicted molar refractivity (Wildman–Crippen MR) is 79.5 cm³/mol. The van der Waals surface area contributed by atoms with Crippen LogP contribution in [-0.4, -0.2) is 44.9 Å². The van der Waals surface area contributed by atoms with Gasteiger partial charge in [0.25, 0.3) is 0 Å². The molecule has 1 N–H and O–H groups in total. The van der Waals surface area contributed by atoms with Gasteiger partial charge in [0.2, 0.25) is 11.8 Å². The molecule has 2 rings (SSSR count). The number of amides is 2. The van der Waals surface area contributed by atoms with E-state index in [0.29, 0.717) is 13.1 Å². The normalized spacial score (nSPS) is 24.1. The summed E-state index contributed by atoms with van der Waals surface area (Å²) in [5.41, 5.74) is 0. The first-order valence-corrected chi connectivity index (χ1v) is 7.54. The van der Waals surface area contributed by atoms with Crippen LogP contribution in [0.2, 0.25) is 0 Å². The zero-order valence-corrected chi connectivity index (χ0v) is 13.2. The molecule has 1 aliphatic heterocycles. The molecule has 0 bridgehead atoms. The summed E-state index contributed by atoms with van der Waals surface area (Å²) in [7, 11) is 0. The van der Waals surface area contributed by atoms with E-state index in [1.165, 1.54) is 0 Å². The number of aryl methyl sites for hydroxylation is 1. The van der Waals surface area contributed by atoms with Crippen molar-refractivity contribution in [1.82, 2.24) is 19.8 Å². The van der Waals surface area contributed by atoms with Crippen molar-refractivity contribution in [2.24, 2.45) is 5.92 Å². The van der Waals surface area contributed by atoms with Crippen molar-refractivity contribution >= 4 is 11.8 Å². The Hall–Kier alpha value is -1.85. The highest BCUT2D eigenvalue weighted by Gasteiger charge is 2.39. The average Bonchev–Trinajstić information content (AvgIpc) is 2.87. The Morgan fingerprint density at radius 1 is 1.38 bits per heavy atom. The standard InChI is InChI=1S/C15H24N4O2/c1-5-10(2)13-15(21)19(11(3)14(20)17-13)9-8-18-7-6-16-12(18)4/h6-7,10-11,13H,5,8-9H2,1-4H3,(H,17,20). The van der Waals surface area contributed by atoms with E-state index in [1.807, 2.05) is 31.5 Å². The number of carbonyl (C=O) groups excluding carboxylic acids is 2. The lowest BCUT2D eigenvalue weighted by molar-refractivity contribution is -0.150. The van der Waals surface area contributed by atoms with Crippen LogP contribution in [0.5, 0.6) is 0 Å². The molecule has 3 unspecified atom stereocenters. The highest BCUT2D eigenvalue weighted by atomic mass is 16.2. The first-order chi connectivity index (χ1) is 9.95. The number of rotatable bonds is 5. The highest BCUT2D eigenvalue weighted by Crippen LogP contribution is 2.17. The third-order valence-electron chi connectivity index (χ3n) is 4.41. The quantitative estimate of drug-likeness (QED) is 0.878. The lowest BCUT2D eigenvalue weighted by Crippen LogP contribution is -2.64. The van der Waals surface area contributed by atoms with Crippen molar-refractivity contribution in [1.29, 1.82) is 0 Å². The van der Waals surface area contributed by atoms with Crippen LogP contribution < -0.4 is 5.32 Å². The molecule has 0 spiro atoms. The SMILES string of the molecule is CCC(C)C1NC(=O)C(C)N(CCn2ccnc2C)C1=O. The second kappa shape index (κ2) is 6.28. The van der Waals surface area contributed by atoms with Crippen LogP contribution in [0, 0.1) is 12.8 Å². The van der Waals surface area contributed by atoms with Crippen LogP contribution >= 0.6 is 0 Å². The molecule has 0 aromatic carbocycles. The maximum absolute atomic E-state index is 12.6. The number of nitrogens with one attached hydrogen (secondary N) is 1. The average molecular weight is 292 g/mol. The number of hydrogen-bond donors (Lipinski definition) is 1. The molecule has 2 heterocycles. The fourth-order valence-corrected chi connectivity index (χ4v) is 2.63. The van der Waals surface area contributed by atoms with Crippen LogP contribution in [0.4, 0.5) is 0 Å². The molecule has 6 heteroatoms. The van der Waals surface area contributed by atoms with Gasteiger partial charge in [-0.1, -0.05) is 20.3 Å². The van der Waals surface area contributed by atoms with Gasteiger partial charge in [0.1, 0.15) is 17.9 Å². The lowest BCUT2D eigenvalue weighted by atomic mass is 9.94. The third-order valence-corrected chi connectivity index (χ3v) is 4.41. The zero-order chi connectivity index (χ0) is 15.6. The fourth-order valence-electron chi connectivity index (χ4n) is 2.63. The number of imidazole rings is 1. The van der Waals surface area contributed by atoms with Crippen LogP contribution in [0.15, 0.2) is 12.4 Å². The Labute approximate surface area is 125 Å². The zero-order valence-electron chi connectivity index (χ0n) is 13.2. The Morgan fingerprint density at radius 2 is 2.10 bits per heavy atom. The molecular formula is C15H24N4O2. The Balaban J connectivity index is 2.09. The van der Waals surface area contributed by atoms with Crippen molar-refractivity contribution in [2.75, 3.05) is 6.54 Å². The maximum atomic E-state index is 12.6. The van der Waals surface area contributed by atoms with E-state index in [9.17, 15) is 9.59 Å². The minimum Gasteiger partial charge on any atom is -0.342 e. The van der Waals surface area contributed by atoms with Gasteiger partial charge in [-0.15, -0.1) is 0 Å². The van der Waals surface area contributed by atoms with Crippen LogP contribution in [0.1, 0.15) is 33.0 Å². The summed E-state index contributed by atoms with van der Waals surface area (Å²) in [6.07, 6.45) is 4.49. The van der Waals surface area contributed by atoms with Crippen molar-refractivity contribution in [2.45, 2.75) is 52.7 Å². The second-order valence-corrected chi connectivity index (χ2v) is 5.75. The molecule has 2 amide bonds. The molecule has 116 valence electrons. The summed E-state index contributed by atoms with van der Waals surface area (Å²) >= 11 is 0. The molecular weight excluding hydrogens is 268 g/mol. The minimum atomic E-state index is -0.415. The van der Waals surface area contributed by atoms with E-state index in [2.05, 4.69) is 10.3 Å². The molecule has 0 aliphatic carbocycles. The summed E-state index contributed by atoms with van der Waals surface area (Å²) in [5, 5.41) is 2.85. The molecule has 0 saturated carbocycles. The largest absolute Gasteiger partial charge is 0.342 e. The summed E-state index contributed by atoms with van der Waals surface area (Å²) in [5.74, 6) is 1.01. The molecule has 1 fully saturated rings. The van der Waals surface area contributed by atoms with Gasteiger partial charge in [-0.25, -0.2) is 4.98 Å². The van der Waals surface area contributed by atoms with E-state index in [-0.39, 0.29) is 17.7 Å². The summed E-state index contributed by atoms with van der Waals surface area (Å²) in [6.45, 7) is 8.91. The Kier molecular flexibility index (Phi) is 4.65.